The van der Waals surface area contributed by atoms with Crippen LogP contribution < -0.4 is 5.32 Å². The summed E-state index contributed by atoms with van der Waals surface area (Å²) in [7, 11) is 1.60. The number of likely N-dealkylation sites (tertiary alicyclic amines) is 1. The molecule has 1 spiro atoms. The van der Waals surface area contributed by atoms with E-state index in [4.69, 9.17) is 14.5 Å². The fraction of sp³-hybridized carbons (Fsp3) is 0.760. The molecule has 2 amide bonds. The zero-order valence-corrected chi connectivity index (χ0v) is 21.5. The van der Waals surface area contributed by atoms with Gasteiger partial charge in [0.2, 0.25) is 11.8 Å². The fourth-order valence-corrected chi connectivity index (χ4v) is 6.34. The average molecular weight is 507 g/mol. The quantitative estimate of drug-likeness (QED) is 0.454. The molecule has 1 aliphatic carbocycles. The van der Waals surface area contributed by atoms with E-state index in [1.54, 1.807) is 12.0 Å². The number of carboxylic acid groups (broad SMARTS) is 1. The number of aliphatic carboxylic acids is 1. The van der Waals surface area contributed by atoms with Crippen molar-refractivity contribution in [2.75, 3.05) is 20.2 Å². The second-order valence-electron chi connectivity index (χ2n) is 10.8. The van der Waals surface area contributed by atoms with Crippen molar-refractivity contribution >= 4 is 17.8 Å². The van der Waals surface area contributed by atoms with Crippen LogP contribution in [0.1, 0.15) is 58.6 Å². The average Bonchev–Trinajstić information content (AvgIpc) is 3.31. The molecule has 11 heteroatoms. The van der Waals surface area contributed by atoms with Crippen LogP contribution in [-0.4, -0.2) is 75.4 Å². The lowest BCUT2D eigenvalue weighted by Gasteiger charge is -2.56. The predicted molar refractivity (Wildman–Crippen MR) is 127 cm³/mol. The molecular weight excluding hydrogens is 468 g/mol. The number of amides is 2. The van der Waals surface area contributed by atoms with Gasteiger partial charge in [-0.05, 0) is 38.0 Å². The third kappa shape index (κ3) is 5.14. The number of nitrogens with zero attached hydrogens (tertiary/aromatic N) is 2. The normalized spacial score (nSPS) is 35.3. The monoisotopic (exact) mass is 506 g/mol. The lowest BCUT2D eigenvalue weighted by molar-refractivity contribution is -0.469. The van der Waals surface area contributed by atoms with Crippen LogP contribution in [-0.2, 0) is 35.3 Å². The van der Waals surface area contributed by atoms with Gasteiger partial charge in [0.05, 0.1) is 12.9 Å². The van der Waals surface area contributed by atoms with Crippen LogP contribution in [0.2, 0.25) is 0 Å². The number of nitrogens with one attached hydrogen (secondary N) is 2. The molecule has 7 atom stereocenters. The van der Waals surface area contributed by atoms with Crippen LogP contribution >= 0.6 is 0 Å². The Balaban J connectivity index is 1.46. The molecule has 3 aliphatic rings. The molecule has 200 valence electrons. The number of aromatic amines is 1. The van der Waals surface area contributed by atoms with Crippen LogP contribution in [0.25, 0.3) is 0 Å². The molecular formula is C25H38N4O7. The first-order chi connectivity index (χ1) is 17.1. The molecule has 2 saturated heterocycles. The molecule has 3 N–H and O–H groups in total. The summed E-state index contributed by atoms with van der Waals surface area (Å²) in [5.74, 6) is -2.11. The van der Waals surface area contributed by atoms with Gasteiger partial charge in [0.25, 0.3) is 0 Å². The number of rotatable bonds is 8. The number of carbonyl (C=O) groups is 3. The van der Waals surface area contributed by atoms with Crippen LogP contribution in [0.5, 0.6) is 0 Å². The van der Waals surface area contributed by atoms with E-state index < -0.39 is 29.3 Å². The molecule has 0 bridgehead atoms. The Kier molecular flexibility index (Phi) is 7.72. The highest BCUT2D eigenvalue weighted by Gasteiger charge is 2.61. The molecule has 11 nitrogen and oxygen atoms in total. The predicted octanol–water partition coefficient (Wildman–Crippen LogP) is 1.90. The van der Waals surface area contributed by atoms with Crippen molar-refractivity contribution in [3.8, 4) is 0 Å². The summed E-state index contributed by atoms with van der Waals surface area (Å²) in [6, 6.07) is -1.09. The summed E-state index contributed by atoms with van der Waals surface area (Å²) in [5.41, 5.74) is -0.0685. The summed E-state index contributed by atoms with van der Waals surface area (Å²) >= 11 is 0. The number of imidazole rings is 1. The molecule has 7 unspecified atom stereocenters. The Labute approximate surface area is 211 Å². The summed E-state index contributed by atoms with van der Waals surface area (Å²) in [4.78, 5) is 58.3. The maximum absolute atomic E-state index is 13.3. The number of carbonyl (C=O) groups excluding carboxylic acids is 2. The Morgan fingerprint density at radius 3 is 2.75 bits per heavy atom. The van der Waals surface area contributed by atoms with E-state index in [0.717, 1.165) is 19.3 Å². The maximum atomic E-state index is 13.3. The largest absolute Gasteiger partial charge is 0.480 e. The van der Waals surface area contributed by atoms with E-state index >= 15 is 0 Å². The number of aromatic nitrogens is 2. The summed E-state index contributed by atoms with van der Waals surface area (Å²) in [5, 5.41) is 12.1. The number of piperidine rings is 1. The molecule has 3 heterocycles. The Bertz CT molecular complexity index is 956. The highest BCUT2D eigenvalue weighted by molar-refractivity contribution is 5.85. The first-order valence-electron chi connectivity index (χ1n) is 12.8. The zero-order chi connectivity index (χ0) is 26.1. The van der Waals surface area contributed by atoms with Gasteiger partial charge in [0, 0.05) is 56.6 Å². The highest BCUT2D eigenvalue weighted by atomic mass is 17.2. The van der Waals surface area contributed by atoms with E-state index in [-0.39, 0.29) is 43.0 Å². The standard InChI is InChI=1S/C25H38N4O7/c1-15-5-6-19-16(2)22(31)29(13-25(19)18(15)7-9-24(3,34-4)35-36-25)10-8-21(30)28-20(23(32)33)11-17-12-26-14-27-17/h12,14-16,18-20H,5-11,13H2,1-4H3,(H,26,27)(H,28,30)(H,32,33). The molecule has 1 aromatic rings. The number of methoxy groups -OCH3 is 1. The molecule has 3 fully saturated rings. The lowest BCUT2D eigenvalue weighted by Crippen LogP contribution is -2.66. The van der Waals surface area contributed by atoms with Gasteiger partial charge in [-0.25, -0.2) is 19.6 Å². The van der Waals surface area contributed by atoms with Crippen LogP contribution in [0, 0.1) is 23.7 Å². The van der Waals surface area contributed by atoms with Gasteiger partial charge in [0.1, 0.15) is 11.6 Å². The van der Waals surface area contributed by atoms with Gasteiger partial charge in [-0.3, -0.25) is 9.59 Å². The molecule has 2 aliphatic heterocycles. The van der Waals surface area contributed by atoms with Crippen molar-refractivity contribution in [1.82, 2.24) is 20.2 Å². The van der Waals surface area contributed by atoms with Gasteiger partial charge in [-0.15, -0.1) is 0 Å². The number of carboxylic acids is 1. The number of hydrogen-bond donors (Lipinski definition) is 3. The third-order valence-corrected chi connectivity index (χ3v) is 8.55. The van der Waals surface area contributed by atoms with Gasteiger partial charge in [-0.1, -0.05) is 13.8 Å². The maximum Gasteiger partial charge on any atom is 0.326 e. The van der Waals surface area contributed by atoms with E-state index in [1.165, 1.54) is 12.5 Å². The summed E-state index contributed by atoms with van der Waals surface area (Å²) in [6.45, 7) is 6.53. The van der Waals surface area contributed by atoms with Crippen molar-refractivity contribution in [3.05, 3.63) is 18.2 Å². The van der Waals surface area contributed by atoms with Crippen LogP contribution in [0.15, 0.2) is 12.5 Å². The topological polar surface area (TPSA) is 143 Å². The third-order valence-electron chi connectivity index (χ3n) is 8.55. The molecule has 0 radical (unpaired) electrons. The van der Waals surface area contributed by atoms with Crippen LogP contribution in [0.4, 0.5) is 0 Å². The second kappa shape index (κ2) is 10.5. The van der Waals surface area contributed by atoms with Crippen LogP contribution in [0.3, 0.4) is 0 Å². The Morgan fingerprint density at radius 2 is 2.08 bits per heavy atom. The van der Waals surface area contributed by atoms with E-state index in [1.807, 2.05) is 13.8 Å². The fourth-order valence-electron chi connectivity index (χ4n) is 6.34. The minimum absolute atomic E-state index is 0.0111. The molecule has 0 aromatic carbocycles. The van der Waals surface area contributed by atoms with E-state index in [9.17, 15) is 19.5 Å². The van der Waals surface area contributed by atoms with Crippen molar-refractivity contribution in [2.45, 2.75) is 76.7 Å². The second-order valence-corrected chi connectivity index (χ2v) is 10.8. The van der Waals surface area contributed by atoms with Crippen molar-refractivity contribution in [1.29, 1.82) is 0 Å². The molecule has 1 saturated carbocycles. The first-order valence-corrected chi connectivity index (χ1v) is 12.8. The SMILES string of the molecule is COC1(C)CCC2C(C)CCC3C(C)C(=O)N(CCC(=O)NC(Cc4cnc[nH]4)C(=O)O)CC23OO1. The van der Waals surface area contributed by atoms with Crippen molar-refractivity contribution < 1.29 is 34.0 Å². The highest BCUT2D eigenvalue weighted by Crippen LogP contribution is 2.54. The minimum Gasteiger partial charge on any atom is -0.480 e. The number of hydrogen-bond acceptors (Lipinski definition) is 7. The molecule has 1 aromatic heterocycles. The van der Waals surface area contributed by atoms with Crippen molar-refractivity contribution in [3.63, 3.8) is 0 Å². The van der Waals surface area contributed by atoms with Gasteiger partial charge >= 0.3 is 5.97 Å². The minimum atomic E-state index is -1.13. The van der Waals surface area contributed by atoms with Gasteiger partial charge in [-0.2, -0.15) is 0 Å². The number of H-pyrrole nitrogens is 1. The summed E-state index contributed by atoms with van der Waals surface area (Å²) < 4.78 is 5.59. The van der Waals surface area contributed by atoms with Gasteiger partial charge in [0.15, 0.2) is 5.79 Å². The Hall–Kier alpha value is -2.50. The van der Waals surface area contributed by atoms with E-state index in [0.29, 0.717) is 24.6 Å². The number of ether oxygens (including phenoxy) is 1. The smallest absolute Gasteiger partial charge is 0.326 e. The molecule has 36 heavy (non-hydrogen) atoms. The summed E-state index contributed by atoms with van der Waals surface area (Å²) in [6.07, 6.45) is 6.50. The lowest BCUT2D eigenvalue weighted by atomic mass is 9.57. The first kappa shape index (κ1) is 26.6. The zero-order valence-electron chi connectivity index (χ0n) is 21.5. The molecule has 4 rings (SSSR count). The van der Waals surface area contributed by atoms with Gasteiger partial charge < -0.3 is 25.0 Å². The van der Waals surface area contributed by atoms with E-state index in [2.05, 4.69) is 22.2 Å². The Morgan fingerprint density at radius 1 is 1.31 bits per heavy atom. The van der Waals surface area contributed by atoms with Crippen molar-refractivity contribution in [2.24, 2.45) is 23.7 Å².